The van der Waals surface area contributed by atoms with Crippen LogP contribution in [0.25, 0.3) is 5.69 Å². The Morgan fingerprint density at radius 1 is 1.17 bits per heavy atom. The molecule has 3 rings (SSSR count). The van der Waals surface area contributed by atoms with Crippen LogP contribution < -0.4 is 21.3 Å². The molecule has 1 aliphatic heterocycles. The van der Waals surface area contributed by atoms with E-state index in [0.29, 0.717) is 4.57 Å². The molecule has 2 aromatic rings. The van der Waals surface area contributed by atoms with Gasteiger partial charge in [0.2, 0.25) is 0 Å². The molecule has 7 nitrogen and oxygen atoms in total. The van der Waals surface area contributed by atoms with Gasteiger partial charge in [-0.05, 0) is 12.1 Å². The van der Waals surface area contributed by atoms with Crippen molar-refractivity contribution in [3.8, 4) is 11.4 Å². The molecule has 1 aromatic carbocycles. The van der Waals surface area contributed by atoms with Crippen molar-refractivity contribution >= 4 is 17.6 Å². The van der Waals surface area contributed by atoms with Gasteiger partial charge < -0.3 is 10.5 Å². The third kappa shape index (κ3) is 1.97. The second-order valence-corrected chi connectivity index (χ2v) is 4.69. The summed E-state index contributed by atoms with van der Waals surface area (Å²) in [7, 11) is 1.06. The van der Waals surface area contributed by atoms with E-state index in [2.05, 4.69) is 4.74 Å². The van der Waals surface area contributed by atoms with E-state index in [0.717, 1.165) is 25.3 Å². The second kappa shape index (κ2) is 4.90. The monoisotopic (exact) mass is 321 g/mol. The lowest BCUT2D eigenvalue weighted by atomic mass is 10.1. The van der Waals surface area contributed by atoms with Gasteiger partial charge in [-0.25, -0.2) is 8.78 Å². The molecule has 0 fully saturated rings. The maximum atomic E-state index is 14.4. The fourth-order valence-corrected chi connectivity index (χ4v) is 2.41. The highest BCUT2D eigenvalue weighted by Gasteiger charge is 2.32. The van der Waals surface area contributed by atoms with Crippen molar-refractivity contribution in [2.75, 3.05) is 12.8 Å². The largest absolute Gasteiger partial charge is 0.491 e. The van der Waals surface area contributed by atoms with Crippen LogP contribution in [0.5, 0.6) is 5.75 Å². The van der Waals surface area contributed by atoms with Crippen molar-refractivity contribution in [1.29, 1.82) is 0 Å². The number of anilines is 1. The van der Waals surface area contributed by atoms with Crippen molar-refractivity contribution in [3.63, 3.8) is 0 Å². The van der Waals surface area contributed by atoms with Gasteiger partial charge in [0, 0.05) is 6.07 Å². The summed E-state index contributed by atoms with van der Waals surface area (Å²) in [5.74, 6) is -4.82. The van der Waals surface area contributed by atoms with Gasteiger partial charge in [-0.1, -0.05) is 0 Å². The number of aromatic nitrogens is 1. The Hall–Kier alpha value is -3.23. The van der Waals surface area contributed by atoms with Crippen molar-refractivity contribution < 1.29 is 23.1 Å². The Morgan fingerprint density at radius 2 is 1.87 bits per heavy atom. The first-order chi connectivity index (χ1) is 10.9. The fourth-order valence-electron chi connectivity index (χ4n) is 2.41. The molecule has 2 amide bonds. The van der Waals surface area contributed by atoms with Crippen molar-refractivity contribution in [3.05, 3.63) is 51.3 Å². The molecule has 0 aliphatic carbocycles. The number of methoxy groups -OCH3 is 1. The Bertz CT molecular complexity index is 937. The maximum absolute atomic E-state index is 14.4. The SMILES string of the molecule is COc1c(F)ccc(-n2c(N)c3c(cc2=O)C(=O)NC3=O)c1F. The predicted molar refractivity (Wildman–Crippen MR) is 74.7 cm³/mol. The minimum Gasteiger partial charge on any atom is -0.491 e. The molecule has 0 radical (unpaired) electrons. The standard InChI is InChI=1S/C14H9F2N3O4/c1-23-11-6(15)2-3-7(10(11)16)19-8(20)4-5-9(12(19)17)14(22)18-13(5)21/h2-4H,17H2,1H3,(H,18,21,22). The van der Waals surface area contributed by atoms with E-state index >= 15 is 0 Å². The molecule has 1 aromatic heterocycles. The summed E-state index contributed by atoms with van der Waals surface area (Å²) in [4.78, 5) is 35.5. The molecule has 3 N–H and O–H groups in total. The van der Waals surface area contributed by atoms with Crippen LogP contribution in [0.2, 0.25) is 0 Å². The molecule has 0 unspecified atom stereocenters. The van der Waals surface area contributed by atoms with Gasteiger partial charge in [-0.15, -0.1) is 0 Å². The van der Waals surface area contributed by atoms with E-state index in [9.17, 15) is 23.2 Å². The van der Waals surface area contributed by atoms with Gasteiger partial charge >= 0.3 is 0 Å². The lowest BCUT2D eigenvalue weighted by molar-refractivity contribution is 0.0880. The molecule has 0 saturated heterocycles. The third-order valence-electron chi connectivity index (χ3n) is 3.43. The highest BCUT2D eigenvalue weighted by Crippen LogP contribution is 2.29. The van der Waals surface area contributed by atoms with Crippen LogP contribution in [-0.2, 0) is 0 Å². The first-order valence-electron chi connectivity index (χ1n) is 6.30. The van der Waals surface area contributed by atoms with Crippen molar-refractivity contribution in [2.24, 2.45) is 0 Å². The van der Waals surface area contributed by atoms with Crippen LogP contribution in [0.3, 0.4) is 0 Å². The molecule has 118 valence electrons. The van der Waals surface area contributed by atoms with E-state index in [1.54, 1.807) is 0 Å². The number of amides is 2. The minimum absolute atomic E-state index is 0.191. The van der Waals surface area contributed by atoms with Crippen molar-refractivity contribution in [1.82, 2.24) is 9.88 Å². The highest BCUT2D eigenvalue weighted by atomic mass is 19.1. The molecular weight excluding hydrogens is 312 g/mol. The number of nitrogen functional groups attached to an aromatic ring is 1. The minimum atomic E-state index is -1.16. The number of ether oxygens (including phenoxy) is 1. The van der Waals surface area contributed by atoms with Gasteiger partial charge in [0.15, 0.2) is 17.4 Å². The van der Waals surface area contributed by atoms with E-state index in [1.807, 2.05) is 5.32 Å². The average molecular weight is 321 g/mol. The quantitative estimate of drug-likeness (QED) is 0.788. The number of nitrogens with zero attached hydrogens (tertiary/aromatic N) is 1. The molecule has 2 heterocycles. The first kappa shape index (κ1) is 14.7. The van der Waals surface area contributed by atoms with E-state index in [4.69, 9.17) is 5.73 Å². The Kier molecular flexibility index (Phi) is 3.13. The summed E-state index contributed by atoms with van der Waals surface area (Å²) in [6.45, 7) is 0. The number of rotatable bonds is 2. The topological polar surface area (TPSA) is 103 Å². The number of halogens is 2. The van der Waals surface area contributed by atoms with Crippen LogP contribution in [-0.4, -0.2) is 23.5 Å². The third-order valence-corrected chi connectivity index (χ3v) is 3.43. The Balaban J connectivity index is 2.36. The number of carbonyl (C=O) groups excluding carboxylic acids is 2. The summed E-state index contributed by atoms with van der Waals surface area (Å²) in [5, 5.41) is 1.99. The zero-order chi connectivity index (χ0) is 16.9. The fraction of sp³-hybridized carbons (Fsp3) is 0.0714. The molecule has 0 saturated carbocycles. The van der Waals surface area contributed by atoms with Gasteiger partial charge in [0.1, 0.15) is 5.82 Å². The lowest BCUT2D eigenvalue weighted by Gasteiger charge is -2.14. The number of carbonyl (C=O) groups is 2. The number of nitrogens with two attached hydrogens (primary N) is 1. The van der Waals surface area contributed by atoms with Crippen LogP contribution in [0, 0.1) is 11.6 Å². The molecule has 1 aliphatic rings. The Labute approximate surface area is 127 Å². The molecule has 23 heavy (non-hydrogen) atoms. The summed E-state index contributed by atoms with van der Waals surface area (Å²) in [6.07, 6.45) is 0. The number of hydrogen-bond donors (Lipinski definition) is 2. The van der Waals surface area contributed by atoms with Gasteiger partial charge in [-0.3, -0.25) is 24.3 Å². The number of hydrogen-bond acceptors (Lipinski definition) is 5. The summed E-state index contributed by atoms with van der Waals surface area (Å²) >= 11 is 0. The normalized spacial score (nSPS) is 13.0. The van der Waals surface area contributed by atoms with E-state index < -0.39 is 46.3 Å². The number of benzene rings is 1. The summed E-state index contributed by atoms with van der Waals surface area (Å²) in [5.41, 5.74) is 4.09. The van der Waals surface area contributed by atoms with Crippen LogP contribution in [0.4, 0.5) is 14.6 Å². The smallest absolute Gasteiger partial charge is 0.262 e. The summed E-state index contributed by atoms with van der Waals surface area (Å²) < 4.78 is 33.1. The lowest BCUT2D eigenvalue weighted by Crippen LogP contribution is -2.25. The van der Waals surface area contributed by atoms with Gasteiger partial charge in [0.25, 0.3) is 17.4 Å². The zero-order valence-electron chi connectivity index (χ0n) is 11.6. The number of fused-ring (bicyclic) bond motifs is 1. The number of nitrogens with one attached hydrogen (secondary N) is 1. The maximum Gasteiger partial charge on any atom is 0.262 e. The number of imide groups is 1. The number of pyridine rings is 1. The van der Waals surface area contributed by atoms with Crippen LogP contribution in [0.15, 0.2) is 23.0 Å². The van der Waals surface area contributed by atoms with Gasteiger partial charge in [0.05, 0.1) is 23.9 Å². The van der Waals surface area contributed by atoms with E-state index in [-0.39, 0.29) is 11.1 Å². The first-order valence-corrected chi connectivity index (χ1v) is 6.30. The second-order valence-electron chi connectivity index (χ2n) is 4.69. The summed E-state index contributed by atoms with van der Waals surface area (Å²) in [6, 6.07) is 2.73. The van der Waals surface area contributed by atoms with Crippen LogP contribution in [0.1, 0.15) is 20.7 Å². The predicted octanol–water partition coefficient (Wildman–Crippen LogP) is 0.590. The molecule has 0 spiro atoms. The van der Waals surface area contributed by atoms with Crippen molar-refractivity contribution in [2.45, 2.75) is 0 Å². The Morgan fingerprint density at radius 3 is 2.52 bits per heavy atom. The molecule has 0 atom stereocenters. The average Bonchev–Trinajstić information content (AvgIpc) is 2.76. The molecule has 9 heteroatoms. The van der Waals surface area contributed by atoms with E-state index in [1.165, 1.54) is 0 Å². The highest BCUT2D eigenvalue weighted by molar-refractivity contribution is 6.23. The molecule has 0 bridgehead atoms. The van der Waals surface area contributed by atoms with Gasteiger partial charge in [-0.2, -0.15) is 0 Å². The van der Waals surface area contributed by atoms with Crippen LogP contribution >= 0.6 is 0 Å². The zero-order valence-corrected chi connectivity index (χ0v) is 11.6. The molecular formula is C14H9F2N3O4.